The van der Waals surface area contributed by atoms with Gasteiger partial charge < -0.3 is 15.2 Å². The van der Waals surface area contributed by atoms with Crippen molar-refractivity contribution in [1.82, 2.24) is 4.31 Å². The third-order valence-corrected chi connectivity index (χ3v) is 5.48. The first-order valence-electron chi connectivity index (χ1n) is 5.29. The molecule has 0 aliphatic carbocycles. The highest BCUT2D eigenvalue weighted by molar-refractivity contribution is 7.91. The number of methoxy groups -OCH3 is 2. The van der Waals surface area contributed by atoms with Crippen LogP contribution in [0.1, 0.15) is 0 Å². The van der Waals surface area contributed by atoms with E-state index in [-0.39, 0.29) is 9.90 Å². The Morgan fingerprint density at radius 3 is 2.10 bits per heavy atom. The highest BCUT2D eigenvalue weighted by atomic mass is 32.2. The number of nitrogen functional groups attached to an aromatic ring is 1. The second-order valence-electron chi connectivity index (χ2n) is 3.62. The lowest BCUT2D eigenvalue weighted by Crippen LogP contribution is -2.39. The quantitative estimate of drug-likeness (QED) is 0.713. The van der Waals surface area contributed by atoms with Gasteiger partial charge in [-0.2, -0.15) is 4.31 Å². The highest BCUT2D eigenvalue weighted by Gasteiger charge is 2.30. The molecule has 1 aromatic rings. The Labute approximate surface area is 120 Å². The summed E-state index contributed by atoms with van der Waals surface area (Å²) in [5, 5.41) is 1.45. The van der Waals surface area contributed by atoms with Crippen molar-refractivity contribution in [3.05, 3.63) is 11.4 Å². The van der Waals surface area contributed by atoms with Crippen molar-refractivity contribution < 1.29 is 27.5 Å². The lowest BCUT2D eigenvalue weighted by molar-refractivity contribution is -0.143. The number of ether oxygens (including phenoxy) is 2. The lowest BCUT2D eigenvalue weighted by atomic mass is 10.6. The zero-order chi connectivity index (χ0) is 15.3. The summed E-state index contributed by atoms with van der Waals surface area (Å²) >= 11 is 0.895. The largest absolute Gasteiger partial charge is 0.468 e. The van der Waals surface area contributed by atoms with Crippen LogP contribution >= 0.6 is 11.3 Å². The van der Waals surface area contributed by atoms with E-state index in [0.717, 1.165) is 25.6 Å². The van der Waals surface area contributed by atoms with E-state index in [1.165, 1.54) is 11.4 Å². The molecule has 0 unspecified atom stereocenters. The Morgan fingerprint density at radius 1 is 1.25 bits per heavy atom. The van der Waals surface area contributed by atoms with Gasteiger partial charge in [-0.05, 0) is 6.07 Å². The summed E-state index contributed by atoms with van der Waals surface area (Å²) in [4.78, 5) is 22.5. The van der Waals surface area contributed by atoms with Crippen molar-refractivity contribution in [2.45, 2.75) is 4.21 Å². The first kappa shape index (κ1) is 16.4. The molecule has 8 nitrogen and oxygen atoms in total. The monoisotopic (exact) mass is 322 g/mol. The SMILES string of the molecule is COC(=O)CN(CC(=O)OC)S(=O)(=O)c1cc(N)cs1. The van der Waals surface area contributed by atoms with Gasteiger partial charge in [0, 0.05) is 11.1 Å². The van der Waals surface area contributed by atoms with Crippen LogP contribution in [0.25, 0.3) is 0 Å². The van der Waals surface area contributed by atoms with Crippen LogP contribution < -0.4 is 5.73 Å². The molecule has 0 saturated carbocycles. The Bertz CT molecular complexity index is 577. The molecule has 0 aliphatic heterocycles. The van der Waals surface area contributed by atoms with Crippen molar-refractivity contribution in [3.63, 3.8) is 0 Å². The minimum absolute atomic E-state index is 0.0668. The van der Waals surface area contributed by atoms with E-state index >= 15 is 0 Å². The van der Waals surface area contributed by atoms with Gasteiger partial charge in [-0.25, -0.2) is 8.42 Å². The fourth-order valence-electron chi connectivity index (χ4n) is 1.24. The average Bonchev–Trinajstić information content (AvgIpc) is 2.84. The molecular weight excluding hydrogens is 308 g/mol. The van der Waals surface area contributed by atoms with Gasteiger partial charge >= 0.3 is 11.9 Å². The van der Waals surface area contributed by atoms with E-state index in [9.17, 15) is 18.0 Å². The van der Waals surface area contributed by atoms with E-state index in [0.29, 0.717) is 4.31 Å². The first-order valence-corrected chi connectivity index (χ1v) is 7.61. The van der Waals surface area contributed by atoms with Crippen LogP contribution in [0.15, 0.2) is 15.7 Å². The zero-order valence-electron chi connectivity index (χ0n) is 10.9. The highest BCUT2D eigenvalue weighted by Crippen LogP contribution is 2.25. The Hall–Kier alpha value is -1.65. The second-order valence-corrected chi connectivity index (χ2v) is 6.70. The second kappa shape index (κ2) is 6.68. The number of sulfonamides is 1. The summed E-state index contributed by atoms with van der Waals surface area (Å²) in [5.74, 6) is -1.58. The van der Waals surface area contributed by atoms with Gasteiger partial charge in [-0.15, -0.1) is 11.3 Å². The van der Waals surface area contributed by atoms with E-state index in [1.54, 1.807) is 0 Å². The van der Waals surface area contributed by atoms with Crippen LogP contribution in [0.3, 0.4) is 0 Å². The van der Waals surface area contributed by atoms with Crippen molar-refractivity contribution in [2.24, 2.45) is 0 Å². The fourth-order valence-corrected chi connectivity index (χ4v) is 3.80. The maximum absolute atomic E-state index is 12.3. The van der Waals surface area contributed by atoms with Gasteiger partial charge in [0.2, 0.25) is 0 Å². The molecule has 0 bridgehead atoms. The van der Waals surface area contributed by atoms with Crippen LogP contribution in [0.5, 0.6) is 0 Å². The molecule has 20 heavy (non-hydrogen) atoms. The van der Waals surface area contributed by atoms with E-state index in [2.05, 4.69) is 9.47 Å². The van der Waals surface area contributed by atoms with Crippen LogP contribution in [0.2, 0.25) is 0 Å². The molecule has 0 aliphatic rings. The predicted molar refractivity (Wildman–Crippen MR) is 71.5 cm³/mol. The van der Waals surface area contributed by atoms with Crippen molar-refractivity contribution in [3.8, 4) is 0 Å². The average molecular weight is 322 g/mol. The van der Waals surface area contributed by atoms with Crippen molar-refractivity contribution >= 4 is 39.0 Å². The number of rotatable bonds is 6. The molecule has 1 heterocycles. The topological polar surface area (TPSA) is 116 Å². The van der Waals surface area contributed by atoms with Crippen LogP contribution in [-0.2, 0) is 29.1 Å². The van der Waals surface area contributed by atoms with Crippen LogP contribution in [-0.4, -0.2) is 52.0 Å². The zero-order valence-corrected chi connectivity index (χ0v) is 12.5. The van der Waals surface area contributed by atoms with E-state index in [1.807, 2.05) is 0 Å². The normalized spacial score (nSPS) is 11.3. The predicted octanol–water partition coefficient (Wildman–Crippen LogP) is -0.333. The number of hydrogen-bond acceptors (Lipinski definition) is 8. The van der Waals surface area contributed by atoms with Gasteiger partial charge in [0.1, 0.15) is 17.3 Å². The maximum atomic E-state index is 12.3. The summed E-state index contributed by atoms with van der Waals surface area (Å²) in [6.07, 6.45) is 0. The molecule has 0 fully saturated rings. The van der Waals surface area contributed by atoms with Crippen LogP contribution in [0.4, 0.5) is 5.69 Å². The number of anilines is 1. The molecule has 10 heteroatoms. The van der Waals surface area contributed by atoms with E-state index in [4.69, 9.17) is 5.73 Å². The Balaban J connectivity index is 3.07. The molecule has 1 aromatic heterocycles. The standard InChI is InChI=1S/C10H14N2O6S2/c1-17-8(13)4-12(5-9(14)18-2)20(15,16)10-3-7(11)6-19-10/h3,6H,4-5,11H2,1-2H3. The fraction of sp³-hybridized carbons (Fsp3) is 0.400. The maximum Gasteiger partial charge on any atom is 0.321 e. The molecule has 0 saturated heterocycles. The van der Waals surface area contributed by atoms with Crippen molar-refractivity contribution in [1.29, 1.82) is 0 Å². The van der Waals surface area contributed by atoms with Crippen LogP contribution in [0, 0.1) is 0 Å². The van der Waals surface area contributed by atoms with Gasteiger partial charge in [0.25, 0.3) is 10.0 Å². The Morgan fingerprint density at radius 2 is 1.75 bits per heavy atom. The molecule has 2 N–H and O–H groups in total. The minimum Gasteiger partial charge on any atom is -0.468 e. The molecule has 0 aromatic carbocycles. The smallest absolute Gasteiger partial charge is 0.321 e. The summed E-state index contributed by atoms with van der Waals surface area (Å²) in [5.41, 5.74) is 5.76. The summed E-state index contributed by atoms with van der Waals surface area (Å²) in [6, 6.07) is 1.25. The number of carbonyl (C=O) groups excluding carboxylic acids is 2. The van der Waals surface area contributed by atoms with Gasteiger partial charge in [-0.1, -0.05) is 0 Å². The number of hydrogen-bond donors (Lipinski definition) is 1. The molecular formula is C10H14N2O6S2. The third kappa shape index (κ3) is 3.92. The molecule has 0 atom stereocenters. The molecule has 0 radical (unpaired) electrons. The Kier molecular flexibility index (Phi) is 5.48. The third-order valence-electron chi connectivity index (χ3n) is 2.26. The molecule has 1 rings (SSSR count). The minimum atomic E-state index is -4.02. The number of esters is 2. The summed E-state index contributed by atoms with van der Waals surface area (Å²) in [7, 11) is -1.78. The number of carbonyl (C=O) groups is 2. The number of thiophene rings is 1. The van der Waals surface area contributed by atoms with Crippen molar-refractivity contribution in [2.75, 3.05) is 33.0 Å². The first-order chi connectivity index (χ1) is 9.31. The van der Waals surface area contributed by atoms with E-state index < -0.39 is 35.1 Å². The summed E-state index contributed by atoms with van der Waals surface area (Å²) < 4.78 is 34.1. The number of nitrogens with two attached hydrogens (primary N) is 1. The van der Waals surface area contributed by atoms with Gasteiger partial charge in [0.05, 0.1) is 14.2 Å². The van der Waals surface area contributed by atoms with Gasteiger partial charge in [0.15, 0.2) is 0 Å². The summed E-state index contributed by atoms with van der Waals surface area (Å²) in [6.45, 7) is -1.18. The molecule has 0 spiro atoms. The molecule has 112 valence electrons. The lowest BCUT2D eigenvalue weighted by Gasteiger charge is -2.18. The molecule has 0 amide bonds. The van der Waals surface area contributed by atoms with Gasteiger partial charge in [-0.3, -0.25) is 9.59 Å². The number of nitrogens with zero attached hydrogens (tertiary/aromatic N) is 1.